The monoisotopic (exact) mass is 310 g/mol. The molecule has 0 heterocycles. The zero-order valence-corrected chi connectivity index (χ0v) is 13.9. The summed E-state index contributed by atoms with van der Waals surface area (Å²) in [5.74, 6) is 0.823. The Labute approximate surface area is 133 Å². The van der Waals surface area contributed by atoms with Gasteiger partial charge in [0.05, 0.1) is 6.61 Å². The van der Waals surface area contributed by atoms with Crippen LogP contribution < -0.4 is 10.6 Å². The third-order valence-electron chi connectivity index (χ3n) is 4.08. The second-order valence-electron chi connectivity index (χ2n) is 6.09. The molecule has 3 nitrogen and oxygen atoms in total. The van der Waals surface area contributed by atoms with Crippen LogP contribution in [0.3, 0.4) is 0 Å². The first-order chi connectivity index (χ1) is 10.1. The van der Waals surface area contributed by atoms with Crippen LogP contribution in [0.1, 0.15) is 31.7 Å². The summed E-state index contributed by atoms with van der Waals surface area (Å²) in [7, 11) is 2.10. The van der Waals surface area contributed by atoms with Crippen molar-refractivity contribution in [1.29, 1.82) is 0 Å². The number of likely N-dealkylation sites (N-methyl/N-ethyl adjacent to an activating group) is 1. The molecule has 1 aromatic rings. The van der Waals surface area contributed by atoms with Gasteiger partial charge in [0.15, 0.2) is 0 Å². The van der Waals surface area contributed by atoms with Crippen LogP contribution in [0.15, 0.2) is 18.2 Å². The van der Waals surface area contributed by atoms with Crippen molar-refractivity contribution in [3.63, 3.8) is 0 Å². The minimum Gasteiger partial charge on any atom is -0.379 e. The van der Waals surface area contributed by atoms with Gasteiger partial charge in [0.2, 0.25) is 0 Å². The van der Waals surface area contributed by atoms with Gasteiger partial charge in [0, 0.05) is 37.0 Å². The summed E-state index contributed by atoms with van der Waals surface area (Å²) in [6.45, 7) is 4.70. The second-order valence-corrected chi connectivity index (χ2v) is 6.52. The molecule has 1 fully saturated rings. The predicted octanol–water partition coefficient (Wildman–Crippen LogP) is 3.48. The second kappa shape index (κ2) is 8.02. The fourth-order valence-electron chi connectivity index (χ4n) is 2.37. The van der Waals surface area contributed by atoms with Crippen LogP contribution in [0.25, 0.3) is 0 Å². The maximum absolute atomic E-state index is 6.13. The average Bonchev–Trinajstić information content (AvgIpc) is 3.27. The number of hydrogen-bond donors (Lipinski definition) is 1. The van der Waals surface area contributed by atoms with Gasteiger partial charge in [-0.05, 0) is 55.4 Å². The van der Waals surface area contributed by atoms with Gasteiger partial charge >= 0.3 is 0 Å². The molecule has 0 spiro atoms. The molecule has 1 unspecified atom stereocenters. The Morgan fingerprint density at radius 2 is 2.19 bits per heavy atom. The molecule has 2 rings (SSSR count). The SMILES string of the molecule is CCC(N)Cc1cc(Cl)ccc1N(C)CCOCC1CC1. The summed E-state index contributed by atoms with van der Waals surface area (Å²) < 4.78 is 5.72. The highest BCUT2D eigenvalue weighted by atomic mass is 35.5. The van der Waals surface area contributed by atoms with Gasteiger partial charge in [-0.1, -0.05) is 18.5 Å². The molecule has 21 heavy (non-hydrogen) atoms. The van der Waals surface area contributed by atoms with Crippen LogP contribution in [-0.2, 0) is 11.2 Å². The molecule has 1 atom stereocenters. The fourth-order valence-corrected chi connectivity index (χ4v) is 2.57. The number of rotatable bonds is 9. The number of ether oxygens (including phenoxy) is 1. The van der Waals surface area contributed by atoms with Gasteiger partial charge < -0.3 is 15.4 Å². The molecule has 4 heteroatoms. The van der Waals surface area contributed by atoms with E-state index >= 15 is 0 Å². The fraction of sp³-hybridized carbons (Fsp3) is 0.647. The van der Waals surface area contributed by atoms with E-state index in [9.17, 15) is 0 Å². The van der Waals surface area contributed by atoms with Crippen LogP contribution in [0.5, 0.6) is 0 Å². The zero-order chi connectivity index (χ0) is 15.2. The van der Waals surface area contributed by atoms with Crippen molar-refractivity contribution in [1.82, 2.24) is 0 Å². The van der Waals surface area contributed by atoms with Crippen LogP contribution in [0.4, 0.5) is 5.69 Å². The zero-order valence-electron chi connectivity index (χ0n) is 13.1. The highest BCUT2D eigenvalue weighted by Gasteiger charge is 2.21. The molecule has 1 aliphatic rings. The van der Waals surface area contributed by atoms with Crippen LogP contribution in [0, 0.1) is 5.92 Å². The summed E-state index contributed by atoms with van der Waals surface area (Å²) >= 11 is 6.13. The average molecular weight is 311 g/mol. The van der Waals surface area contributed by atoms with E-state index in [4.69, 9.17) is 22.1 Å². The van der Waals surface area contributed by atoms with E-state index in [-0.39, 0.29) is 6.04 Å². The molecule has 0 aromatic heterocycles. The number of benzene rings is 1. The molecule has 0 amide bonds. The van der Waals surface area contributed by atoms with Crippen molar-refractivity contribution in [3.05, 3.63) is 28.8 Å². The van der Waals surface area contributed by atoms with Crippen LogP contribution in [-0.4, -0.2) is 32.8 Å². The van der Waals surface area contributed by atoms with Gasteiger partial charge in [0.1, 0.15) is 0 Å². The number of nitrogens with zero attached hydrogens (tertiary/aromatic N) is 1. The maximum Gasteiger partial charge on any atom is 0.0641 e. The van der Waals surface area contributed by atoms with Crippen molar-refractivity contribution in [2.75, 3.05) is 31.7 Å². The van der Waals surface area contributed by atoms with E-state index in [0.29, 0.717) is 0 Å². The van der Waals surface area contributed by atoms with Gasteiger partial charge in [-0.3, -0.25) is 0 Å². The number of halogens is 1. The number of hydrogen-bond acceptors (Lipinski definition) is 3. The molecule has 0 saturated heterocycles. The molecular formula is C17H27ClN2O. The lowest BCUT2D eigenvalue weighted by Gasteiger charge is -2.24. The lowest BCUT2D eigenvalue weighted by atomic mass is 10.0. The van der Waals surface area contributed by atoms with Crippen molar-refractivity contribution in [3.8, 4) is 0 Å². The Balaban J connectivity index is 1.91. The predicted molar refractivity (Wildman–Crippen MR) is 90.2 cm³/mol. The first kappa shape index (κ1) is 16.6. The van der Waals surface area contributed by atoms with E-state index in [1.54, 1.807) is 0 Å². The Morgan fingerprint density at radius 1 is 1.43 bits per heavy atom. The highest BCUT2D eigenvalue weighted by Crippen LogP contribution is 2.29. The molecule has 2 N–H and O–H groups in total. The maximum atomic E-state index is 6.13. The van der Waals surface area contributed by atoms with Crippen molar-refractivity contribution in [2.24, 2.45) is 11.7 Å². The summed E-state index contributed by atoms with van der Waals surface area (Å²) in [6.07, 6.45) is 4.51. The van der Waals surface area contributed by atoms with Crippen molar-refractivity contribution < 1.29 is 4.74 Å². The van der Waals surface area contributed by atoms with E-state index in [1.165, 1.54) is 24.1 Å². The first-order valence-corrected chi connectivity index (χ1v) is 8.30. The molecule has 1 aliphatic carbocycles. The van der Waals surface area contributed by atoms with Gasteiger partial charge in [0.25, 0.3) is 0 Å². The summed E-state index contributed by atoms with van der Waals surface area (Å²) in [4.78, 5) is 2.24. The molecule has 0 aliphatic heterocycles. The third-order valence-corrected chi connectivity index (χ3v) is 4.32. The van der Waals surface area contributed by atoms with E-state index in [2.05, 4.69) is 24.9 Å². The molecular weight excluding hydrogens is 284 g/mol. The molecule has 1 saturated carbocycles. The van der Waals surface area contributed by atoms with Gasteiger partial charge in [-0.2, -0.15) is 0 Å². The smallest absolute Gasteiger partial charge is 0.0641 e. The minimum absolute atomic E-state index is 0.182. The minimum atomic E-state index is 0.182. The quantitative estimate of drug-likeness (QED) is 0.710. The summed E-state index contributed by atoms with van der Waals surface area (Å²) in [5, 5.41) is 0.774. The lowest BCUT2D eigenvalue weighted by molar-refractivity contribution is 0.131. The number of anilines is 1. The van der Waals surface area contributed by atoms with Gasteiger partial charge in [-0.15, -0.1) is 0 Å². The van der Waals surface area contributed by atoms with Crippen LogP contribution >= 0.6 is 11.6 Å². The summed E-state index contributed by atoms with van der Waals surface area (Å²) in [6, 6.07) is 6.25. The number of nitrogens with two attached hydrogens (primary N) is 1. The largest absolute Gasteiger partial charge is 0.379 e. The van der Waals surface area contributed by atoms with E-state index < -0.39 is 0 Å². The molecule has 1 aromatic carbocycles. The molecule has 0 radical (unpaired) electrons. The highest BCUT2D eigenvalue weighted by molar-refractivity contribution is 6.30. The summed E-state index contributed by atoms with van der Waals surface area (Å²) in [5.41, 5.74) is 8.53. The van der Waals surface area contributed by atoms with E-state index in [0.717, 1.165) is 43.5 Å². The van der Waals surface area contributed by atoms with Crippen LogP contribution in [0.2, 0.25) is 5.02 Å². The Bertz CT molecular complexity index is 448. The molecule has 118 valence electrons. The Hall–Kier alpha value is -0.770. The van der Waals surface area contributed by atoms with E-state index in [1.807, 2.05) is 12.1 Å². The standard InChI is InChI=1S/C17H27ClN2O/c1-3-16(19)11-14-10-15(18)6-7-17(14)20(2)8-9-21-12-13-4-5-13/h6-7,10,13,16H,3-5,8-9,11-12,19H2,1-2H3. The first-order valence-electron chi connectivity index (χ1n) is 7.93. The Kier molecular flexibility index (Phi) is 6.34. The molecule has 0 bridgehead atoms. The van der Waals surface area contributed by atoms with Crippen molar-refractivity contribution in [2.45, 2.75) is 38.6 Å². The Morgan fingerprint density at radius 3 is 2.86 bits per heavy atom. The third kappa shape index (κ3) is 5.50. The van der Waals surface area contributed by atoms with Crippen molar-refractivity contribution >= 4 is 17.3 Å². The topological polar surface area (TPSA) is 38.5 Å². The lowest BCUT2D eigenvalue weighted by Crippen LogP contribution is -2.26. The van der Waals surface area contributed by atoms with Gasteiger partial charge in [-0.25, -0.2) is 0 Å². The normalized spacial score (nSPS) is 16.0.